The zero-order chi connectivity index (χ0) is 23.3. The van der Waals surface area contributed by atoms with E-state index in [0.29, 0.717) is 12.2 Å². The zero-order valence-electron chi connectivity index (χ0n) is 19.4. The summed E-state index contributed by atoms with van der Waals surface area (Å²) >= 11 is 0. The summed E-state index contributed by atoms with van der Waals surface area (Å²) < 4.78 is 31.8. The van der Waals surface area contributed by atoms with Crippen molar-refractivity contribution in [1.29, 1.82) is 0 Å². The number of aryl methyl sites for hydroxylation is 2. The minimum absolute atomic E-state index is 0.141. The van der Waals surface area contributed by atoms with Crippen molar-refractivity contribution in [3.8, 4) is 5.75 Å². The molecule has 0 bridgehead atoms. The van der Waals surface area contributed by atoms with Crippen LogP contribution >= 0.6 is 0 Å². The SMILES string of the molecule is COc1c(C)cc(CN(C)CC(=O)Nc2ccc(S(=O)(=O)N(C)C(C)C)cc2)cc1C. The molecule has 2 aromatic carbocycles. The van der Waals surface area contributed by atoms with Crippen molar-refractivity contribution in [2.75, 3.05) is 33.1 Å². The highest BCUT2D eigenvalue weighted by Gasteiger charge is 2.22. The predicted molar refractivity (Wildman–Crippen MR) is 124 cm³/mol. The van der Waals surface area contributed by atoms with Gasteiger partial charge in [0.2, 0.25) is 15.9 Å². The lowest BCUT2D eigenvalue weighted by Crippen LogP contribution is -2.33. The molecule has 0 aliphatic rings. The first kappa shape index (κ1) is 24.8. The van der Waals surface area contributed by atoms with E-state index in [9.17, 15) is 13.2 Å². The van der Waals surface area contributed by atoms with Gasteiger partial charge in [0.05, 0.1) is 18.6 Å². The van der Waals surface area contributed by atoms with Gasteiger partial charge in [0.15, 0.2) is 0 Å². The van der Waals surface area contributed by atoms with Crippen LogP contribution in [-0.2, 0) is 21.4 Å². The highest BCUT2D eigenvalue weighted by molar-refractivity contribution is 7.89. The summed E-state index contributed by atoms with van der Waals surface area (Å²) in [6.45, 7) is 8.47. The number of hydrogen-bond acceptors (Lipinski definition) is 5. The normalized spacial score (nSPS) is 11.9. The van der Waals surface area contributed by atoms with Crippen LogP contribution in [0.3, 0.4) is 0 Å². The monoisotopic (exact) mass is 447 g/mol. The fraction of sp³-hybridized carbons (Fsp3) is 0.435. The second-order valence-electron chi connectivity index (χ2n) is 8.12. The maximum Gasteiger partial charge on any atom is 0.243 e. The number of rotatable bonds is 9. The average molecular weight is 448 g/mol. The van der Waals surface area contributed by atoms with Gasteiger partial charge in [-0.2, -0.15) is 4.31 Å². The van der Waals surface area contributed by atoms with Gasteiger partial charge >= 0.3 is 0 Å². The van der Waals surface area contributed by atoms with Gasteiger partial charge in [-0.1, -0.05) is 12.1 Å². The highest BCUT2D eigenvalue weighted by atomic mass is 32.2. The third-order valence-corrected chi connectivity index (χ3v) is 7.18. The molecule has 2 rings (SSSR count). The van der Waals surface area contributed by atoms with Crippen molar-refractivity contribution >= 4 is 21.6 Å². The van der Waals surface area contributed by atoms with E-state index in [1.165, 1.54) is 16.4 Å². The van der Waals surface area contributed by atoms with E-state index in [2.05, 4.69) is 17.4 Å². The number of benzene rings is 2. The Morgan fingerprint density at radius 2 is 1.61 bits per heavy atom. The second-order valence-corrected chi connectivity index (χ2v) is 10.1. The standard InChI is InChI=1S/C23H33N3O4S/c1-16(2)26(6)31(28,29)21-10-8-20(9-11-21)24-22(27)15-25(5)14-19-12-17(3)23(30-7)18(4)13-19/h8-13,16H,14-15H2,1-7H3,(H,24,27). The first-order valence-corrected chi connectivity index (χ1v) is 11.6. The van der Waals surface area contributed by atoms with Gasteiger partial charge in [-0.05, 0) is 75.7 Å². The van der Waals surface area contributed by atoms with Crippen LogP contribution in [0.15, 0.2) is 41.3 Å². The summed E-state index contributed by atoms with van der Waals surface area (Å²) in [5.74, 6) is 0.716. The number of amides is 1. The van der Waals surface area contributed by atoms with Crippen LogP contribution in [0.5, 0.6) is 5.75 Å². The third-order valence-electron chi connectivity index (χ3n) is 5.13. The molecule has 2 aromatic rings. The lowest BCUT2D eigenvalue weighted by atomic mass is 10.1. The van der Waals surface area contributed by atoms with Crippen molar-refractivity contribution in [3.05, 3.63) is 53.1 Å². The summed E-state index contributed by atoms with van der Waals surface area (Å²) in [4.78, 5) is 14.5. The largest absolute Gasteiger partial charge is 0.496 e. The molecule has 0 spiro atoms. The molecule has 0 unspecified atom stereocenters. The summed E-state index contributed by atoms with van der Waals surface area (Å²) in [5.41, 5.74) is 3.79. The smallest absolute Gasteiger partial charge is 0.243 e. The van der Waals surface area contributed by atoms with Crippen LogP contribution in [-0.4, -0.2) is 57.3 Å². The Morgan fingerprint density at radius 1 is 1.06 bits per heavy atom. The summed E-state index contributed by atoms with van der Waals surface area (Å²) in [5, 5.41) is 2.82. The lowest BCUT2D eigenvalue weighted by molar-refractivity contribution is -0.117. The summed E-state index contributed by atoms with van der Waals surface area (Å²) in [6.07, 6.45) is 0. The Bertz CT molecular complexity index is 995. The van der Waals surface area contributed by atoms with Crippen LogP contribution in [0.4, 0.5) is 5.69 Å². The number of carbonyl (C=O) groups excluding carboxylic acids is 1. The van der Waals surface area contributed by atoms with E-state index >= 15 is 0 Å². The van der Waals surface area contributed by atoms with Gasteiger partial charge < -0.3 is 10.1 Å². The Morgan fingerprint density at radius 3 is 2.10 bits per heavy atom. The van der Waals surface area contributed by atoms with Crippen molar-refractivity contribution < 1.29 is 17.9 Å². The summed E-state index contributed by atoms with van der Waals surface area (Å²) in [6, 6.07) is 10.2. The number of nitrogens with one attached hydrogen (secondary N) is 1. The van der Waals surface area contributed by atoms with Gasteiger partial charge in [-0.25, -0.2) is 8.42 Å². The molecule has 0 radical (unpaired) electrons. The van der Waals surface area contributed by atoms with E-state index in [1.807, 2.05) is 39.6 Å². The van der Waals surface area contributed by atoms with Crippen LogP contribution in [0.2, 0.25) is 0 Å². The number of sulfonamides is 1. The van der Waals surface area contributed by atoms with Crippen molar-refractivity contribution in [3.63, 3.8) is 0 Å². The number of likely N-dealkylation sites (N-methyl/N-ethyl adjacent to an activating group) is 1. The van der Waals surface area contributed by atoms with E-state index in [0.717, 1.165) is 22.4 Å². The number of hydrogen-bond donors (Lipinski definition) is 1. The number of anilines is 1. The fourth-order valence-electron chi connectivity index (χ4n) is 3.42. The van der Waals surface area contributed by atoms with Gasteiger partial charge in [-0.15, -0.1) is 0 Å². The molecule has 8 heteroatoms. The topological polar surface area (TPSA) is 79.0 Å². The fourth-order valence-corrected chi connectivity index (χ4v) is 4.79. The first-order valence-electron chi connectivity index (χ1n) is 10.2. The van der Waals surface area contributed by atoms with Crippen molar-refractivity contribution in [1.82, 2.24) is 9.21 Å². The lowest BCUT2D eigenvalue weighted by Gasteiger charge is -2.21. The minimum Gasteiger partial charge on any atom is -0.496 e. The van der Waals surface area contributed by atoms with Crippen LogP contribution in [0.25, 0.3) is 0 Å². The first-order chi connectivity index (χ1) is 14.4. The maximum absolute atomic E-state index is 12.5. The van der Waals surface area contributed by atoms with Crippen LogP contribution in [0, 0.1) is 13.8 Å². The average Bonchev–Trinajstić information content (AvgIpc) is 2.67. The Labute approximate surface area is 186 Å². The molecular weight excluding hydrogens is 414 g/mol. The van der Waals surface area contributed by atoms with Crippen molar-refractivity contribution in [2.24, 2.45) is 0 Å². The number of ether oxygens (including phenoxy) is 1. The molecule has 0 fully saturated rings. The molecule has 0 saturated carbocycles. The molecule has 1 N–H and O–H groups in total. The van der Waals surface area contributed by atoms with Gasteiger partial charge in [0.1, 0.15) is 5.75 Å². The molecule has 170 valence electrons. The Balaban J connectivity index is 1.98. The molecule has 1 amide bonds. The van der Waals surface area contributed by atoms with E-state index < -0.39 is 10.0 Å². The predicted octanol–water partition coefficient (Wildman–Crippen LogP) is 3.41. The molecule has 31 heavy (non-hydrogen) atoms. The molecule has 0 aliphatic carbocycles. The molecule has 0 aliphatic heterocycles. The highest BCUT2D eigenvalue weighted by Crippen LogP contribution is 2.25. The molecule has 0 atom stereocenters. The maximum atomic E-state index is 12.5. The van der Waals surface area contributed by atoms with E-state index in [1.54, 1.807) is 26.3 Å². The number of nitrogens with zero attached hydrogens (tertiary/aromatic N) is 2. The number of methoxy groups -OCH3 is 1. The second kappa shape index (κ2) is 10.3. The molecule has 7 nitrogen and oxygen atoms in total. The zero-order valence-corrected chi connectivity index (χ0v) is 20.2. The van der Waals surface area contributed by atoms with Gasteiger partial charge in [-0.3, -0.25) is 9.69 Å². The third kappa shape index (κ3) is 6.29. The minimum atomic E-state index is -3.55. The molecule has 0 heterocycles. The van der Waals surface area contributed by atoms with E-state index in [4.69, 9.17) is 4.74 Å². The Hall–Kier alpha value is -2.42. The van der Waals surface area contributed by atoms with Crippen LogP contribution in [0.1, 0.15) is 30.5 Å². The van der Waals surface area contributed by atoms with Crippen LogP contribution < -0.4 is 10.1 Å². The number of carbonyl (C=O) groups is 1. The molecular formula is C23H33N3O4S. The van der Waals surface area contributed by atoms with Gasteiger partial charge in [0.25, 0.3) is 0 Å². The quantitative estimate of drug-likeness (QED) is 0.637. The molecule has 0 aromatic heterocycles. The summed E-state index contributed by atoms with van der Waals surface area (Å²) in [7, 11) is 1.55. The van der Waals surface area contributed by atoms with E-state index in [-0.39, 0.29) is 23.4 Å². The van der Waals surface area contributed by atoms with Crippen molar-refractivity contribution in [2.45, 2.75) is 45.2 Å². The molecule has 0 saturated heterocycles. The Kier molecular flexibility index (Phi) is 8.22. The van der Waals surface area contributed by atoms with Gasteiger partial charge in [0, 0.05) is 25.3 Å².